The standard InChI is InChI=1S/C12H18N2O2/c1-10(9-12(13)14)15-7-8-16-11-5-3-2-4-6-11/h2-6,10H,7-9H2,1H3,(H3,13,14). The second-order valence-corrected chi connectivity index (χ2v) is 3.57. The summed E-state index contributed by atoms with van der Waals surface area (Å²) in [7, 11) is 0. The molecule has 4 nitrogen and oxygen atoms in total. The van der Waals surface area contributed by atoms with E-state index in [9.17, 15) is 0 Å². The van der Waals surface area contributed by atoms with E-state index >= 15 is 0 Å². The molecular formula is C12H18N2O2. The summed E-state index contributed by atoms with van der Waals surface area (Å²) in [5.74, 6) is 0.988. The highest BCUT2D eigenvalue weighted by Gasteiger charge is 2.03. The molecule has 0 aliphatic carbocycles. The molecule has 0 saturated carbocycles. The van der Waals surface area contributed by atoms with Crippen LogP contribution in [0.25, 0.3) is 0 Å². The molecule has 16 heavy (non-hydrogen) atoms. The van der Waals surface area contributed by atoms with Crippen molar-refractivity contribution in [3.63, 3.8) is 0 Å². The SMILES string of the molecule is CC(CC(=N)N)OCCOc1ccccc1. The zero-order valence-electron chi connectivity index (χ0n) is 9.48. The average molecular weight is 222 g/mol. The first-order chi connectivity index (χ1) is 7.68. The van der Waals surface area contributed by atoms with Gasteiger partial charge in [0.15, 0.2) is 0 Å². The van der Waals surface area contributed by atoms with Crippen LogP contribution < -0.4 is 10.5 Å². The minimum Gasteiger partial charge on any atom is -0.491 e. The Morgan fingerprint density at radius 3 is 2.62 bits per heavy atom. The molecule has 0 aromatic heterocycles. The quantitative estimate of drug-likeness (QED) is 0.420. The summed E-state index contributed by atoms with van der Waals surface area (Å²) in [5.41, 5.74) is 5.26. The van der Waals surface area contributed by atoms with Gasteiger partial charge in [0.05, 0.1) is 18.5 Å². The predicted octanol–water partition coefficient (Wildman–Crippen LogP) is 1.80. The summed E-state index contributed by atoms with van der Waals surface area (Å²) in [6.45, 7) is 2.90. The van der Waals surface area contributed by atoms with E-state index in [0.717, 1.165) is 5.75 Å². The van der Waals surface area contributed by atoms with Gasteiger partial charge in [-0.1, -0.05) is 18.2 Å². The lowest BCUT2D eigenvalue weighted by molar-refractivity contribution is 0.0486. The topological polar surface area (TPSA) is 68.3 Å². The lowest BCUT2D eigenvalue weighted by Gasteiger charge is -2.12. The summed E-state index contributed by atoms with van der Waals surface area (Å²) in [6, 6.07) is 9.60. The monoisotopic (exact) mass is 222 g/mol. The van der Waals surface area contributed by atoms with Gasteiger partial charge in [-0.05, 0) is 19.1 Å². The molecule has 0 heterocycles. The molecule has 0 saturated heterocycles. The number of hydrogen-bond acceptors (Lipinski definition) is 3. The van der Waals surface area contributed by atoms with E-state index in [-0.39, 0.29) is 11.9 Å². The second kappa shape index (κ2) is 6.85. The van der Waals surface area contributed by atoms with E-state index in [0.29, 0.717) is 19.6 Å². The molecular weight excluding hydrogens is 204 g/mol. The van der Waals surface area contributed by atoms with E-state index in [4.69, 9.17) is 20.6 Å². The molecule has 88 valence electrons. The van der Waals surface area contributed by atoms with Crippen molar-refractivity contribution in [2.45, 2.75) is 19.4 Å². The molecule has 0 amide bonds. The van der Waals surface area contributed by atoms with E-state index in [1.165, 1.54) is 0 Å². The Bertz CT molecular complexity index is 314. The van der Waals surface area contributed by atoms with E-state index in [1.54, 1.807) is 0 Å². The molecule has 1 unspecified atom stereocenters. The van der Waals surface area contributed by atoms with Crippen LogP contribution in [0, 0.1) is 5.41 Å². The first-order valence-electron chi connectivity index (χ1n) is 5.31. The minimum atomic E-state index is -0.0307. The number of nitrogens with two attached hydrogens (primary N) is 1. The number of nitrogens with one attached hydrogen (secondary N) is 1. The summed E-state index contributed by atoms with van der Waals surface area (Å²) >= 11 is 0. The van der Waals surface area contributed by atoms with Crippen LogP contribution >= 0.6 is 0 Å². The van der Waals surface area contributed by atoms with Gasteiger partial charge >= 0.3 is 0 Å². The van der Waals surface area contributed by atoms with Crippen LogP contribution in [0.15, 0.2) is 30.3 Å². The number of hydrogen-bond donors (Lipinski definition) is 2. The smallest absolute Gasteiger partial charge is 0.119 e. The summed E-state index contributed by atoms with van der Waals surface area (Å²) in [5, 5.41) is 7.11. The molecule has 1 atom stereocenters. The lowest BCUT2D eigenvalue weighted by atomic mass is 10.3. The van der Waals surface area contributed by atoms with Crippen molar-refractivity contribution >= 4 is 5.84 Å². The highest BCUT2D eigenvalue weighted by atomic mass is 16.5. The fraction of sp³-hybridized carbons (Fsp3) is 0.417. The largest absolute Gasteiger partial charge is 0.491 e. The fourth-order valence-corrected chi connectivity index (χ4v) is 1.29. The second-order valence-electron chi connectivity index (χ2n) is 3.57. The van der Waals surface area contributed by atoms with Crippen LogP contribution in [-0.4, -0.2) is 25.2 Å². The van der Waals surface area contributed by atoms with E-state index in [1.807, 2.05) is 37.3 Å². The van der Waals surface area contributed by atoms with Gasteiger partial charge in [0, 0.05) is 6.42 Å². The van der Waals surface area contributed by atoms with Gasteiger partial charge in [0.25, 0.3) is 0 Å². The van der Waals surface area contributed by atoms with Crippen molar-refractivity contribution in [3.8, 4) is 5.75 Å². The molecule has 0 aliphatic rings. The number of ether oxygens (including phenoxy) is 2. The lowest BCUT2D eigenvalue weighted by Crippen LogP contribution is -2.21. The van der Waals surface area contributed by atoms with Crippen molar-refractivity contribution in [2.24, 2.45) is 5.73 Å². The molecule has 1 rings (SSSR count). The molecule has 3 N–H and O–H groups in total. The third-order valence-electron chi connectivity index (χ3n) is 2.01. The maximum atomic E-state index is 7.11. The fourth-order valence-electron chi connectivity index (χ4n) is 1.29. The Morgan fingerprint density at radius 1 is 1.31 bits per heavy atom. The van der Waals surface area contributed by atoms with Crippen LogP contribution in [0.2, 0.25) is 0 Å². The average Bonchev–Trinajstić information content (AvgIpc) is 2.25. The van der Waals surface area contributed by atoms with Crippen molar-refractivity contribution < 1.29 is 9.47 Å². The Balaban J connectivity index is 2.10. The Labute approximate surface area is 95.9 Å². The zero-order valence-corrected chi connectivity index (χ0v) is 9.48. The van der Waals surface area contributed by atoms with Gasteiger partial charge in [0.1, 0.15) is 12.4 Å². The molecule has 0 fully saturated rings. The van der Waals surface area contributed by atoms with Crippen molar-refractivity contribution in [1.29, 1.82) is 5.41 Å². The van der Waals surface area contributed by atoms with Crippen molar-refractivity contribution in [1.82, 2.24) is 0 Å². The van der Waals surface area contributed by atoms with Crippen LogP contribution in [-0.2, 0) is 4.74 Å². The van der Waals surface area contributed by atoms with Gasteiger partial charge in [-0.3, -0.25) is 5.41 Å². The summed E-state index contributed by atoms with van der Waals surface area (Å²) in [4.78, 5) is 0. The highest BCUT2D eigenvalue weighted by molar-refractivity contribution is 5.77. The maximum Gasteiger partial charge on any atom is 0.119 e. The van der Waals surface area contributed by atoms with Gasteiger partial charge in [-0.25, -0.2) is 0 Å². The number of rotatable bonds is 7. The summed E-state index contributed by atoms with van der Waals surface area (Å²) < 4.78 is 10.9. The van der Waals surface area contributed by atoms with Crippen molar-refractivity contribution in [3.05, 3.63) is 30.3 Å². The predicted molar refractivity (Wildman–Crippen MR) is 63.9 cm³/mol. The van der Waals surface area contributed by atoms with Crippen LogP contribution in [0.5, 0.6) is 5.75 Å². The third-order valence-corrected chi connectivity index (χ3v) is 2.01. The van der Waals surface area contributed by atoms with Gasteiger partial charge < -0.3 is 15.2 Å². The van der Waals surface area contributed by atoms with Crippen LogP contribution in [0.1, 0.15) is 13.3 Å². The highest BCUT2D eigenvalue weighted by Crippen LogP contribution is 2.07. The number of benzene rings is 1. The number of amidine groups is 1. The Hall–Kier alpha value is -1.55. The molecule has 1 aromatic carbocycles. The third kappa shape index (κ3) is 5.36. The van der Waals surface area contributed by atoms with Gasteiger partial charge in [-0.15, -0.1) is 0 Å². The first-order valence-corrected chi connectivity index (χ1v) is 5.31. The Kier molecular flexibility index (Phi) is 5.36. The zero-order chi connectivity index (χ0) is 11.8. The molecule has 0 spiro atoms. The van der Waals surface area contributed by atoms with Crippen LogP contribution in [0.4, 0.5) is 0 Å². The maximum absolute atomic E-state index is 7.11. The molecule has 1 aromatic rings. The van der Waals surface area contributed by atoms with Crippen LogP contribution in [0.3, 0.4) is 0 Å². The normalized spacial score (nSPS) is 12.1. The Morgan fingerprint density at radius 2 is 2.00 bits per heavy atom. The van der Waals surface area contributed by atoms with Gasteiger partial charge in [-0.2, -0.15) is 0 Å². The molecule has 0 bridgehead atoms. The molecule has 0 aliphatic heterocycles. The first kappa shape index (κ1) is 12.5. The van der Waals surface area contributed by atoms with Gasteiger partial charge in [0.2, 0.25) is 0 Å². The minimum absolute atomic E-state index is 0.0307. The molecule has 4 heteroatoms. The van der Waals surface area contributed by atoms with E-state index in [2.05, 4.69) is 0 Å². The molecule has 0 radical (unpaired) electrons. The summed E-state index contributed by atoms with van der Waals surface area (Å²) in [6.07, 6.45) is 0.433. The van der Waals surface area contributed by atoms with E-state index < -0.39 is 0 Å². The number of para-hydroxylation sites is 1. The van der Waals surface area contributed by atoms with Crippen molar-refractivity contribution in [2.75, 3.05) is 13.2 Å².